The molecular formula is C36H44O11. The zero-order valence-corrected chi connectivity index (χ0v) is 28.2. The molecule has 11 heteroatoms. The lowest BCUT2D eigenvalue weighted by Gasteiger charge is -2.43. The topological polar surface area (TPSA) is 149 Å². The monoisotopic (exact) mass is 652 g/mol. The average molecular weight is 653 g/mol. The number of Topliss-reactive ketones (excluding diaryl/α,β-unsaturated/α-hetero) is 2. The number of ether oxygens (including phenoxy) is 5. The molecule has 254 valence electrons. The maximum absolute atomic E-state index is 14.6. The zero-order valence-electron chi connectivity index (χ0n) is 28.2. The van der Waals surface area contributed by atoms with Crippen molar-refractivity contribution in [1.82, 2.24) is 0 Å². The first-order valence-electron chi connectivity index (χ1n) is 15.4. The number of ketones is 2. The molecule has 1 aromatic carbocycles. The molecule has 0 saturated heterocycles. The predicted octanol–water partition coefficient (Wildman–Crippen LogP) is 4.72. The number of esters is 4. The highest BCUT2D eigenvalue weighted by atomic mass is 16.6. The van der Waals surface area contributed by atoms with E-state index in [9.17, 15) is 28.8 Å². The van der Waals surface area contributed by atoms with Gasteiger partial charge in [0.2, 0.25) is 6.10 Å². The highest BCUT2D eigenvalue weighted by Crippen LogP contribution is 2.51. The van der Waals surface area contributed by atoms with Crippen LogP contribution in [-0.4, -0.2) is 65.5 Å². The molecule has 47 heavy (non-hydrogen) atoms. The Hall–Kier alpha value is -4.54. The number of hydrogen-bond acceptors (Lipinski definition) is 11. The van der Waals surface area contributed by atoms with E-state index in [0.29, 0.717) is 5.56 Å². The lowest BCUT2D eigenvalue weighted by molar-refractivity contribution is -0.182. The van der Waals surface area contributed by atoms with E-state index in [1.54, 1.807) is 58.0 Å². The Bertz CT molecular complexity index is 1470. The number of allylic oxidation sites excluding steroid dienone is 2. The fourth-order valence-corrected chi connectivity index (χ4v) is 6.46. The average Bonchev–Trinajstić information content (AvgIpc) is 3.24. The van der Waals surface area contributed by atoms with Crippen molar-refractivity contribution in [1.29, 1.82) is 0 Å². The molecule has 3 rings (SSSR count). The second-order valence-corrected chi connectivity index (χ2v) is 12.8. The number of rotatable bonds is 7. The fourth-order valence-electron chi connectivity index (χ4n) is 6.46. The molecule has 2 aliphatic carbocycles. The third-order valence-corrected chi connectivity index (χ3v) is 8.51. The first kappa shape index (κ1) is 36.9. The molecule has 0 heterocycles. The van der Waals surface area contributed by atoms with Crippen LogP contribution in [-0.2, 0) is 52.5 Å². The molecule has 1 aromatic rings. The Morgan fingerprint density at radius 2 is 1.32 bits per heavy atom. The lowest BCUT2D eigenvalue weighted by Crippen LogP contribution is -2.58. The van der Waals surface area contributed by atoms with Gasteiger partial charge in [-0.25, -0.2) is 0 Å². The van der Waals surface area contributed by atoms with Crippen LogP contribution in [0.2, 0.25) is 0 Å². The summed E-state index contributed by atoms with van der Waals surface area (Å²) >= 11 is 0. The number of hydrogen-bond donors (Lipinski definition) is 0. The second-order valence-electron chi connectivity index (χ2n) is 12.8. The van der Waals surface area contributed by atoms with Gasteiger partial charge in [0.25, 0.3) is 0 Å². The molecule has 11 nitrogen and oxygen atoms in total. The van der Waals surface area contributed by atoms with Gasteiger partial charge in [-0.3, -0.25) is 28.8 Å². The summed E-state index contributed by atoms with van der Waals surface area (Å²) in [4.78, 5) is 79.1. The van der Waals surface area contributed by atoms with Crippen molar-refractivity contribution < 1.29 is 52.5 Å². The van der Waals surface area contributed by atoms with Gasteiger partial charge in [-0.1, -0.05) is 69.5 Å². The van der Waals surface area contributed by atoms with Gasteiger partial charge in [-0.05, 0) is 19.8 Å². The first-order chi connectivity index (χ1) is 21.8. The maximum Gasteiger partial charge on any atom is 0.303 e. The minimum atomic E-state index is -1.95. The summed E-state index contributed by atoms with van der Waals surface area (Å²) < 4.78 is 29.6. The van der Waals surface area contributed by atoms with E-state index < -0.39 is 88.6 Å². The summed E-state index contributed by atoms with van der Waals surface area (Å²) in [6.45, 7) is 19.3. The Labute approximate surface area is 275 Å². The van der Waals surface area contributed by atoms with Crippen LogP contribution in [0.1, 0.15) is 67.4 Å². The van der Waals surface area contributed by atoms with Gasteiger partial charge in [0, 0.05) is 56.6 Å². The molecule has 0 N–H and O–H groups in total. The molecule has 8 atom stereocenters. The lowest BCUT2D eigenvalue weighted by atomic mass is 9.72. The first-order valence-corrected chi connectivity index (χ1v) is 15.4. The molecule has 1 saturated carbocycles. The van der Waals surface area contributed by atoms with Gasteiger partial charge < -0.3 is 23.7 Å². The minimum absolute atomic E-state index is 0.0644. The van der Waals surface area contributed by atoms with Crippen LogP contribution in [0.3, 0.4) is 0 Å². The van der Waals surface area contributed by atoms with E-state index in [0.717, 1.165) is 20.8 Å². The van der Waals surface area contributed by atoms with Crippen molar-refractivity contribution in [2.75, 3.05) is 0 Å². The van der Waals surface area contributed by atoms with Gasteiger partial charge >= 0.3 is 23.9 Å². The van der Waals surface area contributed by atoms with Crippen molar-refractivity contribution in [2.24, 2.45) is 23.2 Å². The summed E-state index contributed by atoms with van der Waals surface area (Å²) in [6, 6.07) is 8.72. The van der Waals surface area contributed by atoms with E-state index in [1.807, 2.05) is 0 Å². The van der Waals surface area contributed by atoms with Crippen LogP contribution in [0.15, 0.2) is 61.2 Å². The molecule has 8 unspecified atom stereocenters. The molecule has 0 amide bonds. The largest absolute Gasteiger partial charge is 0.485 e. The van der Waals surface area contributed by atoms with Gasteiger partial charge in [0.05, 0.1) is 5.92 Å². The van der Waals surface area contributed by atoms with E-state index in [1.165, 1.54) is 19.1 Å². The van der Waals surface area contributed by atoms with Crippen LogP contribution >= 0.6 is 0 Å². The van der Waals surface area contributed by atoms with Crippen molar-refractivity contribution >= 4 is 41.2 Å². The standard InChI is InChI=1S/C36H44O11/c1-19-16-17-35(9,10)34(42)32(46-25(7)39)31(45-24(6)38)21(3)30(43-22(4)27-14-12-11-13-15-27)28-29(44-23(5)37)20(2)18-36(28,33(19)41)47-26(8)40/h11-17,19-20,28-32H,3-4,18H2,1-2,5-10H3. The fraction of sp³-hybridized carbons (Fsp3) is 0.500. The van der Waals surface area contributed by atoms with Crippen LogP contribution in [0.5, 0.6) is 0 Å². The molecule has 0 aliphatic heterocycles. The predicted molar refractivity (Wildman–Crippen MR) is 170 cm³/mol. The maximum atomic E-state index is 14.6. The summed E-state index contributed by atoms with van der Waals surface area (Å²) in [7, 11) is 0. The summed E-state index contributed by atoms with van der Waals surface area (Å²) in [5, 5.41) is 0. The molecule has 0 bridgehead atoms. The SMILES string of the molecule is C=C(OC1C(=C)C(OC(C)=O)C(OC(C)=O)C(=O)C(C)(C)C=CC(C)C(=O)C2(OC(C)=O)CC(C)C(OC(C)=O)C12)c1ccccc1. The summed E-state index contributed by atoms with van der Waals surface area (Å²) in [6.07, 6.45) is -2.99. The Kier molecular flexibility index (Phi) is 11.4. The van der Waals surface area contributed by atoms with E-state index in [-0.39, 0.29) is 17.8 Å². The van der Waals surface area contributed by atoms with E-state index in [2.05, 4.69) is 13.2 Å². The van der Waals surface area contributed by atoms with Crippen molar-refractivity contribution in [3.8, 4) is 0 Å². The molecular weight excluding hydrogens is 608 g/mol. The molecule has 0 radical (unpaired) electrons. The molecule has 0 aromatic heterocycles. The number of fused-ring (bicyclic) bond motifs is 1. The molecule has 0 spiro atoms. The van der Waals surface area contributed by atoms with Crippen LogP contribution < -0.4 is 0 Å². The highest BCUT2D eigenvalue weighted by molar-refractivity contribution is 5.95. The Balaban J connectivity index is 2.47. The van der Waals surface area contributed by atoms with Crippen LogP contribution in [0.4, 0.5) is 0 Å². The number of carbonyl (C=O) groups excluding carboxylic acids is 6. The van der Waals surface area contributed by atoms with Crippen molar-refractivity contribution in [3.63, 3.8) is 0 Å². The second kappa shape index (κ2) is 14.5. The summed E-state index contributed by atoms with van der Waals surface area (Å²) in [5.41, 5.74) is -2.90. The van der Waals surface area contributed by atoms with E-state index in [4.69, 9.17) is 23.7 Å². The normalized spacial score (nSPS) is 30.6. The zero-order chi connectivity index (χ0) is 35.4. The van der Waals surface area contributed by atoms with Gasteiger partial charge in [-0.15, -0.1) is 0 Å². The minimum Gasteiger partial charge on any atom is -0.485 e. The molecule has 2 aliphatic rings. The highest BCUT2D eigenvalue weighted by Gasteiger charge is 2.65. The van der Waals surface area contributed by atoms with Crippen LogP contribution in [0.25, 0.3) is 5.76 Å². The number of carbonyl (C=O) groups is 6. The van der Waals surface area contributed by atoms with Crippen molar-refractivity contribution in [3.05, 3.63) is 66.8 Å². The van der Waals surface area contributed by atoms with Gasteiger partial charge in [0.15, 0.2) is 23.3 Å². The van der Waals surface area contributed by atoms with E-state index >= 15 is 0 Å². The number of benzene rings is 1. The Morgan fingerprint density at radius 1 is 0.766 bits per heavy atom. The smallest absolute Gasteiger partial charge is 0.303 e. The Morgan fingerprint density at radius 3 is 1.85 bits per heavy atom. The van der Waals surface area contributed by atoms with Gasteiger partial charge in [0.1, 0.15) is 18.0 Å². The van der Waals surface area contributed by atoms with Crippen LogP contribution in [0, 0.1) is 23.2 Å². The quantitative estimate of drug-likeness (QED) is 0.174. The van der Waals surface area contributed by atoms with Gasteiger partial charge in [-0.2, -0.15) is 0 Å². The third kappa shape index (κ3) is 8.07. The summed E-state index contributed by atoms with van der Waals surface area (Å²) in [5.74, 6) is -7.01. The third-order valence-electron chi connectivity index (χ3n) is 8.51. The molecule has 1 fully saturated rings. The van der Waals surface area contributed by atoms with Crippen molar-refractivity contribution in [2.45, 2.75) is 91.8 Å².